The van der Waals surface area contributed by atoms with Crippen molar-refractivity contribution in [2.24, 2.45) is 5.73 Å². The Labute approximate surface area is 125 Å². The highest BCUT2D eigenvalue weighted by molar-refractivity contribution is 14.1. The third kappa shape index (κ3) is 3.64. The second-order valence-electron chi connectivity index (χ2n) is 3.82. The minimum absolute atomic E-state index is 0.0248. The molecule has 100 valence electrons. The molecule has 5 nitrogen and oxygen atoms in total. The van der Waals surface area contributed by atoms with Crippen LogP contribution in [-0.2, 0) is 16.6 Å². The number of anilines is 1. The largest absolute Gasteiger partial charge is 0.326 e. The maximum Gasteiger partial charge on any atom is 0.279 e. The van der Waals surface area contributed by atoms with Crippen LogP contribution in [0.2, 0.25) is 0 Å². The summed E-state index contributed by atoms with van der Waals surface area (Å²) in [5, 5.41) is -0.0248. The summed E-state index contributed by atoms with van der Waals surface area (Å²) in [6.07, 6.45) is 1.46. The zero-order valence-electron chi connectivity index (χ0n) is 9.88. The molecule has 0 saturated carbocycles. The number of nitrogens with one attached hydrogen (secondary N) is 1. The topological polar surface area (TPSA) is 85.1 Å². The minimum Gasteiger partial charge on any atom is -0.326 e. The molecule has 0 saturated heterocycles. The second kappa shape index (κ2) is 5.85. The number of hydrogen-bond acceptors (Lipinski definition) is 4. The van der Waals surface area contributed by atoms with E-state index in [-0.39, 0.29) is 5.03 Å². The molecule has 1 aromatic carbocycles. The Morgan fingerprint density at radius 3 is 2.37 bits per heavy atom. The number of pyridine rings is 1. The smallest absolute Gasteiger partial charge is 0.279 e. The molecule has 7 heteroatoms. The van der Waals surface area contributed by atoms with E-state index in [2.05, 4.69) is 32.3 Å². The van der Waals surface area contributed by atoms with Crippen LogP contribution in [0.5, 0.6) is 0 Å². The molecule has 3 N–H and O–H groups in total. The lowest BCUT2D eigenvalue weighted by atomic mass is 10.3. The molecule has 0 fully saturated rings. The van der Waals surface area contributed by atoms with Gasteiger partial charge in [-0.2, -0.15) is 8.42 Å². The molecule has 2 rings (SSSR count). The van der Waals surface area contributed by atoms with Gasteiger partial charge in [0.1, 0.15) is 0 Å². The van der Waals surface area contributed by atoms with Gasteiger partial charge in [0.2, 0.25) is 0 Å². The maximum absolute atomic E-state index is 12.1. The van der Waals surface area contributed by atoms with Gasteiger partial charge in [0, 0.05) is 22.0 Å². The first-order valence-electron chi connectivity index (χ1n) is 5.44. The summed E-state index contributed by atoms with van der Waals surface area (Å²) in [7, 11) is -3.66. The van der Waals surface area contributed by atoms with E-state index in [1.54, 1.807) is 18.2 Å². The van der Waals surface area contributed by atoms with Crippen LogP contribution in [0.4, 0.5) is 5.69 Å². The van der Waals surface area contributed by atoms with Crippen LogP contribution in [0.15, 0.2) is 47.6 Å². The molecule has 0 bridgehead atoms. The van der Waals surface area contributed by atoms with Gasteiger partial charge < -0.3 is 5.73 Å². The highest BCUT2D eigenvalue weighted by Crippen LogP contribution is 2.16. The summed E-state index contributed by atoms with van der Waals surface area (Å²) in [5.74, 6) is 0. The average molecular weight is 389 g/mol. The lowest BCUT2D eigenvalue weighted by Gasteiger charge is -2.07. The Balaban J connectivity index is 2.24. The number of nitrogens with two attached hydrogens (primary N) is 1. The van der Waals surface area contributed by atoms with Gasteiger partial charge in [-0.15, -0.1) is 0 Å². The molecular formula is C12H12IN3O2S. The minimum atomic E-state index is -3.66. The third-order valence-electron chi connectivity index (χ3n) is 2.41. The molecule has 1 heterocycles. The highest BCUT2D eigenvalue weighted by atomic mass is 127. The predicted octanol–water partition coefficient (Wildman–Crippen LogP) is 1.95. The first kappa shape index (κ1) is 14.2. The van der Waals surface area contributed by atoms with E-state index in [0.717, 1.165) is 9.13 Å². The summed E-state index contributed by atoms with van der Waals surface area (Å²) in [4.78, 5) is 3.90. The molecule has 0 radical (unpaired) electrons. The molecule has 1 aromatic heterocycles. The van der Waals surface area contributed by atoms with Crippen molar-refractivity contribution in [2.45, 2.75) is 11.6 Å². The number of hydrogen-bond donors (Lipinski definition) is 2. The number of aromatic nitrogens is 1. The molecule has 0 spiro atoms. The second-order valence-corrected chi connectivity index (χ2v) is 6.70. The lowest BCUT2D eigenvalue weighted by Crippen LogP contribution is -2.14. The predicted molar refractivity (Wildman–Crippen MR) is 82.1 cm³/mol. The Bertz CT molecular complexity index is 654. The van der Waals surface area contributed by atoms with Crippen molar-refractivity contribution >= 4 is 38.3 Å². The number of rotatable bonds is 4. The fraction of sp³-hybridized carbons (Fsp3) is 0.0833. The van der Waals surface area contributed by atoms with Crippen LogP contribution in [-0.4, -0.2) is 13.4 Å². The van der Waals surface area contributed by atoms with Gasteiger partial charge in [-0.3, -0.25) is 4.72 Å². The number of sulfonamides is 1. The highest BCUT2D eigenvalue weighted by Gasteiger charge is 2.15. The molecule has 19 heavy (non-hydrogen) atoms. The van der Waals surface area contributed by atoms with Crippen LogP contribution in [0, 0.1) is 3.57 Å². The van der Waals surface area contributed by atoms with E-state index in [1.807, 2.05) is 12.1 Å². The van der Waals surface area contributed by atoms with Gasteiger partial charge in [-0.05, 0) is 58.5 Å². The third-order valence-corrected chi connectivity index (χ3v) is 4.42. The monoisotopic (exact) mass is 389 g/mol. The Kier molecular flexibility index (Phi) is 4.38. The first-order valence-corrected chi connectivity index (χ1v) is 8.01. The fourth-order valence-corrected chi connectivity index (χ4v) is 2.77. The van der Waals surface area contributed by atoms with Crippen LogP contribution in [0.1, 0.15) is 5.56 Å². The molecule has 0 amide bonds. The number of nitrogens with zero attached hydrogens (tertiary/aromatic N) is 1. The van der Waals surface area contributed by atoms with E-state index >= 15 is 0 Å². The van der Waals surface area contributed by atoms with Crippen LogP contribution in [0.25, 0.3) is 0 Å². The van der Waals surface area contributed by atoms with Gasteiger partial charge in [0.15, 0.2) is 5.03 Å². The average Bonchev–Trinajstić information content (AvgIpc) is 2.41. The summed E-state index contributed by atoms with van der Waals surface area (Å²) in [6, 6.07) is 10.1. The van der Waals surface area contributed by atoms with Crippen molar-refractivity contribution in [3.05, 3.63) is 51.7 Å². The lowest BCUT2D eigenvalue weighted by molar-refractivity contribution is 0.597. The molecule has 0 aliphatic rings. The van der Waals surface area contributed by atoms with E-state index in [9.17, 15) is 8.42 Å². The zero-order valence-corrected chi connectivity index (χ0v) is 12.8. The summed E-state index contributed by atoms with van der Waals surface area (Å²) >= 11 is 2.15. The van der Waals surface area contributed by atoms with E-state index in [4.69, 9.17) is 5.73 Å². The number of benzene rings is 1. The van der Waals surface area contributed by atoms with Crippen LogP contribution < -0.4 is 10.5 Å². The SMILES string of the molecule is NCc1ccc(S(=O)(=O)Nc2ccc(I)cc2)nc1. The fourth-order valence-electron chi connectivity index (χ4n) is 1.42. The normalized spacial score (nSPS) is 11.3. The van der Waals surface area contributed by atoms with E-state index in [0.29, 0.717) is 12.2 Å². The Morgan fingerprint density at radius 1 is 1.16 bits per heavy atom. The Hall–Kier alpha value is -1.19. The van der Waals surface area contributed by atoms with Gasteiger partial charge in [0.05, 0.1) is 0 Å². The number of halogens is 1. The van der Waals surface area contributed by atoms with Crippen molar-refractivity contribution in [1.82, 2.24) is 4.98 Å². The van der Waals surface area contributed by atoms with Crippen molar-refractivity contribution in [3.8, 4) is 0 Å². The molecule has 0 aliphatic carbocycles. The molecular weight excluding hydrogens is 377 g/mol. The molecule has 0 unspecified atom stereocenters. The Morgan fingerprint density at radius 2 is 1.84 bits per heavy atom. The van der Waals surface area contributed by atoms with Gasteiger partial charge in [-0.1, -0.05) is 6.07 Å². The van der Waals surface area contributed by atoms with Crippen molar-refractivity contribution < 1.29 is 8.42 Å². The van der Waals surface area contributed by atoms with Crippen molar-refractivity contribution in [2.75, 3.05) is 4.72 Å². The first-order chi connectivity index (χ1) is 9.01. The van der Waals surface area contributed by atoms with E-state index in [1.165, 1.54) is 12.3 Å². The van der Waals surface area contributed by atoms with Crippen LogP contribution in [0.3, 0.4) is 0 Å². The van der Waals surface area contributed by atoms with Crippen molar-refractivity contribution in [1.29, 1.82) is 0 Å². The quantitative estimate of drug-likeness (QED) is 0.783. The summed E-state index contributed by atoms with van der Waals surface area (Å²) in [6.45, 7) is 0.331. The van der Waals surface area contributed by atoms with Gasteiger partial charge in [-0.25, -0.2) is 4.98 Å². The molecule has 2 aromatic rings. The summed E-state index contributed by atoms with van der Waals surface area (Å²) < 4.78 is 27.7. The van der Waals surface area contributed by atoms with Crippen molar-refractivity contribution in [3.63, 3.8) is 0 Å². The van der Waals surface area contributed by atoms with Gasteiger partial charge in [0.25, 0.3) is 10.0 Å². The van der Waals surface area contributed by atoms with E-state index < -0.39 is 10.0 Å². The maximum atomic E-state index is 12.1. The molecule has 0 aliphatic heterocycles. The molecule has 0 atom stereocenters. The van der Waals surface area contributed by atoms with Gasteiger partial charge >= 0.3 is 0 Å². The van der Waals surface area contributed by atoms with Crippen LogP contribution >= 0.6 is 22.6 Å². The zero-order chi connectivity index (χ0) is 13.9. The standard InChI is InChI=1S/C12H12IN3O2S/c13-10-2-4-11(5-3-10)16-19(17,18)12-6-1-9(7-14)8-15-12/h1-6,8,16H,7,14H2. The summed E-state index contributed by atoms with van der Waals surface area (Å²) in [5.41, 5.74) is 6.73.